The minimum absolute atomic E-state index is 0.0317. The average Bonchev–Trinajstić information content (AvgIpc) is 2.76. The minimum Gasteiger partial charge on any atom is -0.461 e. The summed E-state index contributed by atoms with van der Waals surface area (Å²) in [6.45, 7) is 3.62. The van der Waals surface area contributed by atoms with Gasteiger partial charge in [-0.05, 0) is 19.1 Å². The second-order valence-electron chi connectivity index (χ2n) is 4.27. The average molecular weight is 295 g/mol. The van der Waals surface area contributed by atoms with Gasteiger partial charge in [0, 0.05) is 12.5 Å². The molecule has 21 heavy (non-hydrogen) atoms. The first-order chi connectivity index (χ1) is 9.99. The van der Waals surface area contributed by atoms with Crippen molar-refractivity contribution in [3.05, 3.63) is 41.4 Å². The maximum atomic E-state index is 13.9. The number of halogens is 2. The SMILES string of the molecule is CCOC(=O)c1nc(CC)n(-c2ccc(F)cc2F)c1N. The highest BCUT2D eigenvalue weighted by molar-refractivity contribution is 5.92. The lowest BCUT2D eigenvalue weighted by atomic mass is 10.2. The number of nitrogen functional groups attached to an aromatic ring is 1. The minimum atomic E-state index is -0.788. The number of hydrogen-bond donors (Lipinski definition) is 1. The smallest absolute Gasteiger partial charge is 0.360 e. The van der Waals surface area contributed by atoms with Crippen molar-refractivity contribution >= 4 is 11.8 Å². The van der Waals surface area contributed by atoms with E-state index in [0.29, 0.717) is 12.2 Å². The summed E-state index contributed by atoms with van der Waals surface area (Å²) in [4.78, 5) is 15.9. The van der Waals surface area contributed by atoms with Gasteiger partial charge in [0.1, 0.15) is 23.3 Å². The Labute approximate surface area is 120 Å². The molecule has 0 radical (unpaired) electrons. The number of benzene rings is 1. The van der Waals surface area contributed by atoms with E-state index in [1.54, 1.807) is 13.8 Å². The summed E-state index contributed by atoms with van der Waals surface area (Å²) in [7, 11) is 0. The monoisotopic (exact) mass is 295 g/mol. The molecule has 1 aromatic heterocycles. The molecule has 2 N–H and O–H groups in total. The predicted octanol–water partition coefficient (Wildman–Crippen LogP) is 2.47. The molecule has 7 heteroatoms. The van der Waals surface area contributed by atoms with Gasteiger partial charge in [0.15, 0.2) is 5.69 Å². The maximum absolute atomic E-state index is 13.9. The van der Waals surface area contributed by atoms with Crippen molar-refractivity contribution in [1.82, 2.24) is 9.55 Å². The number of anilines is 1. The van der Waals surface area contributed by atoms with Crippen molar-refractivity contribution < 1.29 is 18.3 Å². The van der Waals surface area contributed by atoms with E-state index < -0.39 is 17.6 Å². The molecule has 0 aliphatic heterocycles. The first kappa shape index (κ1) is 15.0. The highest BCUT2D eigenvalue weighted by Crippen LogP contribution is 2.24. The molecule has 2 rings (SSSR count). The molecule has 0 aliphatic carbocycles. The number of nitrogens with two attached hydrogens (primary N) is 1. The van der Waals surface area contributed by atoms with Gasteiger partial charge in [-0.15, -0.1) is 0 Å². The molecule has 1 aromatic carbocycles. The third-order valence-electron chi connectivity index (χ3n) is 2.92. The van der Waals surface area contributed by atoms with E-state index in [1.807, 2.05) is 0 Å². The lowest BCUT2D eigenvalue weighted by Gasteiger charge is -2.10. The van der Waals surface area contributed by atoms with Crippen LogP contribution >= 0.6 is 0 Å². The normalized spacial score (nSPS) is 10.7. The number of nitrogens with zero attached hydrogens (tertiary/aromatic N) is 2. The largest absolute Gasteiger partial charge is 0.461 e. The van der Waals surface area contributed by atoms with Gasteiger partial charge >= 0.3 is 5.97 Å². The van der Waals surface area contributed by atoms with Gasteiger partial charge in [-0.3, -0.25) is 4.57 Å². The van der Waals surface area contributed by atoms with Crippen LogP contribution in [0.25, 0.3) is 5.69 Å². The van der Waals surface area contributed by atoms with Gasteiger partial charge in [0.25, 0.3) is 0 Å². The van der Waals surface area contributed by atoms with Crippen molar-refractivity contribution in [2.75, 3.05) is 12.3 Å². The molecule has 1 heterocycles. The number of carbonyl (C=O) groups excluding carboxylic acids is 1. The summed E-state index contributed by atoms with van der Waals surface area (Å²) in [5.41, 5.74) is 5.85. The van der Waals surface area contributed by atoms with Crippen molar-refractivity contribution in [2.45, 2.75) is 20.3 Å². The van der Waals surface area contributed by atoms with Crippen molar-refractivity contribution in [3.63, 3.8) is 0 Å². The van der Waals surface area contributed by atoms with Gasteiger partial charge in [0.2, 0.25) is 0 Å². The molecule has 0 saturated carbocycles. The number of imidazole rings is 1. The van der Waals surface area contributed by atoms with E-state index in [0.717, 1.165) is 12.1 Å². The van der Waals surface area contributed by atoms with Crippen molar-refractivity contribution in [1.29, 1.82) is 0 Å². The Hall–Kier alpha value is -2.44. The predicted molar refractivity (Wildman–Crippen MR) is 73.2 cm³/mol. The van der Waals surface area contributed by atoms with Crippen LogP contribution in [0.2, 0.25) is 0 Å². The van der Waals surface area contributed by atoms with E-state index in [4.69, 9.17) is 10.5 Å². The highest BCUT2D eigenvalue weighted by atomic mass is 19.1. The Morgan fingerprint density at radius 1 is 1.38 bits per heavy atom. The molecule has 0 atom stereocenters. The third-order valence-corrected chi connectivity index (χ3v) is 2.92. The van der Waals surface area contributed by atoms with Crippen LogP contribution in [-0.4, -0.2) is 22.1 Å². The van der Waals surface area contributed by atoms with Crippen LogP contribution in [0, 0.1) is 11.6 Å². The Bertz CT molecular complexity index is 683. The van der Waals surface area contributed by atoms with Gasteiger partial charge in [0.05, 0.1) is 12.3 Å². The first-order valence-corrected chi connectivity index (χ1v) is 6.49. The fourth-order valence-corrected chi connectivity index (χ4v) is 2.00. The Morgan fingerprint density at radius 2 is 2.10 bits per heavy atom. The molecule has 0 spiro atoms. The summed E-state index contributed by atoms with van der Waals surface area (Å²) >= 11 is 0. The second kappa shape index (κ2) is 5.90. The molecule has 0 aliphatic rings. The van der Waals surface area contributed by atoms with Gasteiger partial charge in [-0.25, -0.2) is 18.6 Å². The zero-order valence-electron chi connectivity index (χ0n) is 11.7. The summed E-state index contributed by atoms with van der Waals surface area (Å²) in [5.74, 6) is -1.80. The van der Waals surface area contributed by atoms with Crippen LogP contribution in [0.15, 0.2) is 18.2 Å². The van der Waals surface area contributed by atoms with Gasteiger partial charge in [-0.2, -0.15) is 0 Å². The van der Waals surface area contributed by atoms with E-state index in [-0.39, 0.29) is 23.8 Å². The molecule has 0 bridgehead atoms. The van der Waals surface area contributed by atoms with Crippen LogP contribution in [-0.2, 0) is 11.2 Å². The Morgan fingerprint density at radius 3 is 2.67 bits per heavy atom. The van der Waals surface area contributed by atoms with Gasteiger partial charge < -0.3 is 10.5 Å². The quantitative estimate of drug-likeness (QED) is 0.880. The number of carbonyl (C=O) groups is 1. The third kappa shape index (κ3) is 2.72. The molecule has 0 amide bonds. The molecule has 0 saturated heterocycles. The zero-order chi connectivity index (χ0) is 15.6. The number of aryl methyl sites for hydroxylation is 1. The van der Waals surface area contributed by atoms with E-state index >= 15 is 0 Å². The number of aromatic nitrogens is 2. The van der Waals surface area contributed by atoms with Crippen LogP contribution < -0.4 is 5.73 Å². The van der Waals surface area contributed by atoms with Gasteiger partial charge in [-0.1, -0.05) is 6.92 Å². The van der Waals surface area contributed by atoms with Crippen LogP contribution in [0.5, 0.6) is 0 Å². The van der Waals surface area contributed by atoms with E-state index in [9.17, 15) is 13.6 Å². The first-order valence-electron chi connectivity index (χ1n) is 6.49. The molecule has 2 aromatic rings. The van der Waals surface area contributed by atoms with Crippen LogP contribution in [0.4, 0.5) is 14.6 Å². The molecular formula is C14H15F2N3O2. The molecule has 0 fully saturated rings. The highest BCUT2D eigenvalue weighted by Gasteiger charge is 2.23. The second-order valence-corrected chi connectivity index (χ2v) is 4.27. The summed E-state index contributed by atoms with van der Waals surface area (Å²) in [6, 6.07) is 3.11. The molecule has 112 valence electrons. The number of rotatable bonds is 4. The lowest BCUT2D eigenvalue weighted by molar-refractivity contribution is 0.0521. The summed E-state index contributed by atoms with van der Waals surface area (Å²) in [5, 5.41) is 0. The number of ether oxygens (including phenoxy) is 1. The maximum Gasteiger partial charge on any atom is 0.360 e. The number of esters is 1. The molecular weight excluding hydrogens is 280 g/mol. The Kier molecular flexibility index (Phi) is 4.21. The summed E-state index contributed by atoms with van der Waals surface area (Å²) < 4.78 is 33.1. The zero-order valence-corrected chi connectivity index (χ0v) is 11.7. The molecule has 0 unspecified atom stereocenters. The van der Waals surface area contributed by atoms with Crippen molar-refractivity contribution in [2.24, 2.45) is 0 Å². The van der Waals surface area contributed by atoms with Crippen molar-refractivity contribution in [3.8, 4) is 5.69 Å². The van der Waals surface area contributed by atoms with Crippen LogP contribution in [0.3, 0.4) is 0 Å². The lowest BCUT2D eigenvalue weighted by Crippen LogP contribution is -2.10. The molecule has 5 nitrogen and oxygen atoms in total. The van der Waals surface area contributed by atoms with Crippen LogP contribution in [0.1, 0.15) is 30.2 Å². The summed E-state index contributed by atoms with van der Waals surface area (Å²) in [6.07, 6.45) is 0.417. The number of hydrogen-bond acceptors (Lipinski definition) is 4. The standard InChI is InChI=1S/C14H15F2N3O2/c1-3-11-18-12(14(20)21-4-2)13(17)19(11)10-6-5-8(15)7-9(10)16/h5-7H,3-4,17H2,1-2H3. The van der Waals surface area contributed by atoms with E-state index in [2.05, 4.69) is 4.98 Å². The fourth-order valence-electron chi connectivity index (χ4n) is 2.00. The topological polar surface area (TPSA) is 70.1 Å². The fraction of sp³-hybridized carbons (Fsp3) is 0.286. The Balaban J connectivity index is 2.60. The van der Waals surface area contributed by atoms with E-state index in [1.165, 1.54) is 10.6 Å².